The van der Waals surface area contributed by atoms with Gasteiger partial charge in [0.25, 0.3) is 0 Å². The van der Waals surface area contributed by atoms with E-state index < -0.39 is 0 Å². The minimum absolute atomic E-state index is 0.0662. The van der Waals surface area contributed by atoms with Gasteiger partial charge in [0.05, 0.1) is 6.61 Å². The highest BCUT2D eigenvalue weighted by Gasteiger charge is 2.21. The van der Waals surface area contributed by atoms with E-state index in [1.165, 1.54) is 0 Å². The van der Waals surface area contributed by atoms with Gasteiger partial charge in [-0.2, -0.15) is 15.0 Å². The van der Waals surface area contributed by atoms with Gasteiger partial charge in [0.1, 0.15) is 6.54 Å². The van der Waals surface area contributed by atoms with E-state index in [-0.39, 0.29) is 12.5 Å². The minimum Gasteiger partial charge on any atom is -0.465 e. The monoisotopic (exact) mass is 320 g/mol. The van der Waals surface area contributed by atoms with Gasteiger partial charge in [-0.3, -0.25) is 4.79 Å². The van der Waals surface area contributed by atoms with Crippen LogP contribution in [-0.4, -0.2) is 60.3 Å². The molecule has 2 aliphatic rings. The SMILES string of the molecule is CCOC(=O)CNc1nc(N2CCCC2)nc(N2CCCC2)n1. The predicted octanol–water partition coefficient (Wildman–Crippen LogP) is 1.05. The molecule has 3 heterocycles. The number of nitrogens with one attached hydrogen (secondary N) is 1. The van der Waals surface area contributed by atoms with Crippen LogP contribution in [0.15, 0.2) is 0 Å². The molecule has 23 heavy (non-hydrogen) atoms. The fourth-order valence-electron chi connectivity index (χ4n) is 2.91. The first-order chi connectivity index (χ1) is 11.3. The molecular formula is C15H24N6O2. The van der Waals surface area contributed by atoms with Crippen molar-refractivity contribution >= 4 is 23.8 Å². The molecule has 126 valence electrons. The van der Waals surface area contributed by atoms with Crippen molar-refractivity contribution in [2.45, 2.75) is 32.6 Å². The predicted molar refractivity (Wildman–Crippen MR) is 87.8 cm³/mol. The van der Waals surface area contributed by atoms with Crippen molar-refractivity contribution in [3.8, 4) is 0 Å². The van der Waals surface area contributed by atoms with Crippen molar-refractivity contribution in [2.24, 2.45) is 0 Å². The summed E-state index contributed by atoms with van der Waals surface area (Å²) in [6.45, 7) is 6.12. The minimum atomic E-state index is -0.307. The number of hydrogen-bond donors (Lipinski definition) is 1. The molecule has 0 atom stereocenters. The zero-order valence-electron chi connectivity index (χ0n) is 13.6. The molecule has 2 fully saturated rings. The average molecular weight is 320 g/mol. The van der Waals surface area contributed by atoms with Gasteiger partial charge in [0, 0.05) is 26.2 Å². The summed E-state index contributed by atoms with van der Waals surface area (Å²) >= 11 is 0. The number of anilines is 3. The quantitative estimate of drug-likeness (QED) is 0.779. The first-order valence-corrected chi connectivity index (χ1v) is 8.41. The van der Waals surface area contributed by atoms with E-state index >= 15 is 0 Å². The molecule has 0 spiro atoms. The molecule has 1 aromatic rings. The summed E-state index contributed by atoms with van der Waals surface area (Å²) in [4.78, 5) is 29.5. The number of rotatable bonds is 6. The molecule has 0 amide bonds. The Hall–Kier alpha value is -2.12. The van der Waals surface area contributed by atoms with Gasteiger partial charge in [0.2, 0.25) is 17.8 Å². The van der Waals surface area contributed by atoms with Gasteiger partial charge in [-0.15, -0.1) is 0 Å². The largest absolute Gasteiger partial charge is 0.465 e. The summed E-state index contributed by atoms with van der Waals surface area (Å²) in [5.74, 6) is 1.53. The van der Waals surface area contributed by atoms with Crippen LogP contribution in [0.4, 0.5) is 17.8 Å². The second kappa shape index (κ2) is 7.43. The van der Waals surface area contributed by atoms with Crippen molar-refractivity contribution in [2.75, 3.05) is 54.4 Å². The molecule has 0 aromatic carbocycles. The van der Waals surface area contributed by atoms with E-state index in [9.17, 15) is 4.79 Å². The first-order valence-electron chi connectivity index (χ1n) is 8.41. The normalized spacial score (nSPS) is 17.6. The Balaban J connectivity index is 1.77. The molecule has 2 aliphatic heterocycles. The molecule has 0 radical (unpaired) electrons. The average Bonchev–Trinajstić information content (AvgIpc) is 3.26. The number of esters is 1. The molecule has 3 rings (SSSR count). The number of carbonyl (C=O) groups excluding carboxylic acids is 1. The summed E-state index contributed by atoms with van der Waals surface area (Å²) in [5.41, 5.74) is 0. The Morgan fingerprint density at radius 2 is 1.52 bits per heavy atom. The van der Waals surface area contributed by atoms with Crippen LogP contribution < -0.4 is 15.1 Å². The summed E-state index contributed by atoms with van der Waals surface area (Å²) in [6, 6.07) is 0. The van der Waals surface area contributed by atoms with Gasteiger partial charge in [-0.25, -0.2) is 0 Å². The molecule has 8 nitrogen and oxygen atoms in total. The smallest absolute Gasteiger partial charge is 0.325 e. The molecule has 1 aromatic heterocycles. The third-order valence-corrected chi connectivity index (χ3v) is 4.09. The van der Waals surface area contributed by atoms with Crippen LogP contribution in [0.3, 0.4) is 0 Å². The Labute approximate surface area is 136 Å². The standard InChI is InChI=1S/C15H24N6O2/c1-2-23-12(22)11-16-13-17-14(20-7-3-4-8-20)19-15(18-13)21-9-5-6-10-21/h2-11H2,1H3,(H,16,17,18,19). The summed E-state index contributed by atoms with van der Waals surface area (Å²) < 4.78 is 4.93. The van der Waals surface area contributed by atoms with Crippen LogP contribution in [0.2, 0.25) is 0 Å². The lowest BCUT2D eigenvalue weighted by molar-refractivity contribution is -0.140. The van der Waals surface area contributed by atoms with E-state index in [1.54, 1.807) is 6.92 Å². The lowest BCUT2D eigenvalue weighted by atomic mass is 10.4. The maximum absolute atomic E-state index is 11.5. The fourth-order valence-corrected chi connectivity index (χ4v) is 2.91. The summed E-state index contributed by atoms with van der Waals surface area (Å²) in [6.07, 6.45) is 4.65. The topological polar surface area (TPSA) is 83.5 Å². The molecule has 8 heteroatoms. The van der Waals surface area contributed by atoms with Crippen molar-refractivity contribution in [3.05, 3.63) is 0 Å². The van der Waals surface area contributed by atoms with Crippen molar-refractivity contribution < 1.29 is 9.53 Å². The van der Waals surface area contributed by atoms with Gasteiger partial charge < -0.3 is 19.9 Å². The number of hydrogen-bond acceptors (Lipinski definition) is 8. The van der Waals surface area contributed by atoms with Crippen LogP contribution in [0.5, 0.6) is 0 Å². The zero-order chi connectivity index (χ0) is 16.1. The number of aromatic nitrogens is 3. The van der Waals surface area contributed by atoms with Crippen LogP contribution >= 0.6 is 0 Å². The van der Waals surface area contributed by atoms with Crippen LogP contribution in [0.1, 0.15) is 32.6 Å². The van der Waals surface area contributed by atoms with Gasteiger partial charge in [-0.1, -0.05) is 0 Å². The van der Waals surface area contributed by atoms with Crippen LogP contribution in [0, 0.1) is 0 Å². The molecule has 2 saturated heterocycles. The third-order valence-electron chi connectivity index (χ3n) is 4.09. The maximum Gasteiger partial charge on any atom is 0.325 e. The second-order valence-corrected chi connectivity index (χ2v) is 5.81. The van der Waals surface area contributed by atoms with Gasteiger partial charge in [-0.05, 0) is 32.6 Å². The highest BCUT2D eigenvalue weighted by Crippen LogP contribution is 2.22. The highest BCUT2D eigenvalue weighted by atomic mass is 16.5. The van der Waals surface area contributed by atoms with E-state index in [0.29, 0.717) is 24.5 Å². The molecule has 0 bridgehead atoms. The first kappa shape index (κ1) is 15.8. The number of ether oxygens (including phenoxy) is 1. The van der Waals surface area contributed by atoms with Crippen molar-refractivity contribution in [1.29, 1.82) is 0 Å². The molecular weight excluding hydrogens is 296 g/mol. The van der Waals surface area contributed by atoms with Crippen LogP contribution in [0.25, 0.3) is 0 Å². The molecule has 1 N–H and O–H groups in total. The van der Waals surface area contributed by atoms with Gasteiger partial charge >= 0.3 is 5.97 Å². The lowest BCUT2D eigenvalue weighted by Gasteiger charge is -2.20. The Morgan fingerprint density at radius 3 is 2.00 bits per heavy atom. The molecule has 0 aliphatic carbocycles. The van der Waals surface area contributed by atoms with E-state index in [0.717, 1.165) is 51.9 Å². The Kier molecular flexibility index (Phi) is 5.09. The Bertz CT molecular complexity index is 507. The highest BCUT2D eigenvalue weighted by molar-refractivity contribution is 5.74. The van der Waals surface area contributed by atoms with Crippen LogP contribution in [-0.2, 0) is 9.53 Å². The summed E-state index contributed by atoms with van der Waals surface area (Å²) in [5, 5.41) is 2.97. The lowest BCUT2D eigenvalue weighted by Crippen LogP contribution is -2.27. The molecule has 0 unspecified atom stereocenters. The fraction of sp³-hybridized carbons (Fsp3) is 0.733. The summed E-state index contributed by atoms with van der Waals surface area (Å²) in [7, 11) is 0. The van der Waals surface area contributed by atoms with Gasteiger partial charge in [0.15, 0.2) is 0 Å². The van der Waals surface area contributed by atoms with E-state index in [2.05, 4.69) is 30.1 Å². The zero-order valence-corrected chi connectivity index (χ0v) is 13.6. The van der Waals surface area contributed by atoms with E-state index in [4.69, 9.17) is 4.74 Å². The Morgan fingerprint density at radius 1 is 1.00 bits per heavy atom. The van der Waals surface area contributed by atoms with E-state index in [1.807, 2.05) is 0 Å². The number of nitrogens with zero attached hydrogens (tertiary/aromatic N) is 5. The third kappa shape index (κ3) is 4.00. The van der Waals surface area contributed by atoms with Crippen molar-refractivity contribution in [3.63, 3.8) is 0 Å². The second-order valence-electron chi connectivity index (χ2n) is 5.81. The number of carbonyl (C=O) groups is 1. The molecule has 0 saturated carbocycles. The maximum atomic E-state index is 11.5. The van der Waals surface area contributed by atoms with Crippen molar-refractivity contribution in [1.82, 2.24) is 15.0 Å².